The highest BCUT2D eigenvalue weighted by atomic mass is 16.7. The number of hydroxylamine groups is 4. The van der Waals surface area contributed by atoms with Crippen molar-refractivity contribution in [1.82, 2.24) is 37.3 Å². The number of nitrogens with two attached hydrogens (primary N) is 3. The molecule has 2 aromatic rings. The fourth-order valence-electron chi connectivity index (χ4n) is 6.76. The van der Waals surface area contributed by atoms with Gasteiger partial charge in [-0.25, -0.2) is 21.7 Å². The van der Waals surface area contributed by atoms with Crippen LogP contribution in [0, 0.1) is 47.3 Å². The second-order valence-electron chi connectivity index (χ2n) is 22.4. The van der Waals surface area contributed by atoms with Gasteiger partial charge < -0.3 is 31.8 Å². The summed E-state index contributed by atoms with van der Waals surface area (Å²) >= 11 is 0. The van der Waals surface area contributed by atoms with Crippen molar-refractivity contribution in [3.05, 3.63) is 70.8 Å². The molecule has 0 unspecified atom stereocenters. The average molecular weight is 1180 g/mol. The van der Waals surface area contributed by atoms with Crippen LogP contribution in [0.3, 0.4) is 0 Å². The highest BCUT2D eigenvalue weighted by molar-refractivity contribution is 6.20. The minimum Gasteiger partial charge on any atom is -0.412 e. The van der Waals surface area contributed by atoms with Gasteiger partial charge in [0.2, 0.25) is 0 Å². The molecule has 0 spiro atoms. The van der Waals surface area contributed by atoms with Gasteiger partial charge in [0.25, 0.3) is 47.3 Å². The number of aliphatic hydroxyl groups is 1. The molecule has 1 aliphatic heterocycles. The molecule has 83 heavy (non-hydrogen) atoms. The van der Waals surface area contributed by atoms with E-state index in [0.717, 1.165) is 7.11 Å². The van der Waals surface area contributed by atoms with Crippen molar-refractivity contribution in [2.75, 3.05) is 33.3 Å². The van der Waals surface area contributed by atoms with Crippen LogP contribution in [0.15, 0.2) is 48.5 Å². The fraction of sp³-hybridized carbons (Fsp3) is 0.661. The van der Waals surface area contributed by atoms with Crippen LogP contribution >= 0.6 is 0 Å². The van der Waals surface area contributed by atoms with Crippen molar-refractivity contribution in [1.29, 1.82) is 0 Å². The summed E-state index contributed by atoms with van der Waals surface area (Å²) in [5, 5.41) is 19.0. The summed E-state index contributed by atoms with van der Waals surface area (Å²) in [4.78, 5) is 120. The number of carbonyl (C=O) groups excluding carboxylic acids is 8. The molecule has 0 radical (unpaired) electrons. The second kappa shape index (κ2) is 47.4. The topological polar surface area (TPSA) is 379 Å². The lowest BCUT2D eigenvalue weighted by molar-refractivity contribution is -0.162. The van der Waals surface area contributed by atoms with Gasteiger partial charge in [-0.2, -0.15) is 0 Å². The maximum Gasteiger partial charge on any atom is 0.285 e. The normalized spacial score (nSPS) is 12.7. The van der Waals surface area contributed by atoms with Gasteiger partial charge in [-0.05, 0) is 109 Å². The van der Waals surface area contributed by atoms with E-state index in [1.54, 1.807) is 24.3 Å². The maximum atomic E-state index is 12.6. The Labute approximate surface area is 496 Å². The molecule has 15 N–H and O–H groups in total. The lowest BCUT2D eigenvalue weighted by Crippen LogP contribution is -2.44. The van der Waals surface area contributed by atoms with Gasteiger partial charge >= 0.3 is 0 Å². The van der Waals surface area contributed by atoms with E-state index < -0.39 is 48.0 Å². The van der Waals surface area contributed by atoms with Crippen molar-refractivity contribution in [2.24, 2.45) is 64.9 Å². The predicted molar refractivity (Wildman–Crippen MR) is 325 cm³/mol. The van der Waals surface area contributed by atoms with E-state index >= 15 is 0 Å². The summed E-state index contributed by atoms with van der Waals surface area (Å²) in [5.41, 5.74) is 5.78. The van der Waals surface area contributed by atoms with E-state index in [9.17, 15) is 38.4 Å². The standard InChI is InChI=1S/C28H46N4O6.C18H24N2O4.C10H22N2O2.CH4O.2CH4.H4N2.H2O/c1-17(2)13-23(27(35)29-15-19(5)6)37-31-25(33)21-9-11-22(12-10-21)26(34)32-38-24(14-18(3)4)28(36)30-16-20(7)8;1-11(2)9-15(16(21)19-10-12(3)4)24-20-17(22)13-7-5-6-8-14(13)18(20)23;1-7(2)5-9(14-11)10(13)12-6-8(3)4;1-2;;;1-2;/h9-12,17-20,23-24H,13-16H2,1-8H3,(H,29,35)(H,30,36)(H,31,33)(H,32,34);5-8,11-12,15H,9-10H2,1-4H3,(H,19,21);7-9H,5-6,11H2,1-4H3,(H,12,13);2H,1H3;2*1H4;1-2H2;1H2/t23-,24-;15-;9-;;;;;/m111...../s1. The van der Waals surface area contributed by atoms with E-state index in [2.05, 4.69) is 48.8 Å². The highest BCUT2D eigenvalue weighted by Gasteiger charge is 2.39. The molecule has 24 heteroatoms. The van der Waals surface area contributed by atoms with Gasteiger partial charge in [-0.1, -0.05) is 138 Å². The number of hydrazine groups is 1. The van der Waals surface area contributed by atoms with Gasteiger partial charge in [0, 0.05) is 44.4 Å². The largest absolute Gasteiger partial charge is 0.412 e. The Kier molecular flexibility index (Phi) is 49.0. The zero-order valence-corrected chi connectivity index (χ0v) is 51.2. The fourth-order valence-corrected chi connectivity index (χ4v) is 6.76. The number of hydrogen-bond donors (Lipinski definition) is 10. The van der Waals surface area contributed by atoms with Crippen molar-refractivity contribution in [3.8, 4) is 0 Å². The van der Waals surface area contributed by atoms with Crippen molar-refractivity contribution < 1.29 is 68.3 Å². The molecule has 4 atom stereocenters. The smallest absolute Gasteiger partial charge is 0.285 e. The number of nitrogens with one attached hydrogen (secondary N) is 6. The number of carbonyl (C=O) groups is 8. The van der Waals surface area contributed by atoms with Crippen LogP contribution in [-0.4, -0.2) is 121 Å². The minimum absolute atomic E-state index is 0. The number of fused-ring (bicyclic) bond motifs is 1. The van der Waals surface area contributed by atoms with Crippen LogP contribution in [0.1, 0.15) is 193 Å². The molecule has 480 valence electrons. The van der Waals surface area contributed by atoms with Crippen LogP contribution in [0.25, 0.3) is 0 Å². The molecule has 1 aliphatic rings. The summed E-state index contributed by atoms with van der Waals surface area (Å²) in [5.74, 6) is 12.2. The number of nitrogens with zero attached hydrogens (tertiary/aromatic N) is 1. The van der Waals surface area contributed by atoms with E-state index in [0.29, 0.717) is 85.8 Å². The number of amides is 8. The first-order chi connectivity index (χ1) is 37.6. The highest BCUT2D eigenvalue weighted by Crippen LogP contribution is 2.25. The van der Waals surface area contributed by atoms with Gasteiger partial charge in [0.15, 0.2) is 24.4 Å². The summed E-state index contributed by atoms with van der Waals surface area (Å²) in [6.07, 6.45) is -1.10. The first-order valence-corrected chi connectivity index (χ1v) is 27.5. The molecule has 0 aliphatic carbocycles. The summed E-state index contributed by atoms with van der Waals surface area (Å²) in [7, 11) is 1.00. The molecule has 1 heterocycles. The van der Waals surface area contributed by atoms with Crippen LogP contribution in [0.5, 0.6) is 0 Å². The Bertz CT molecular complexity index is 2030. The van der Waals surface area contributed by atoms with Crippen molar-refractivity contribution >= 4 is 47.3 Å². The minimum atomic E-state index is -0.883. The SMILES string of the molecule is C.C.CC(C)CNC(=O)[C@@H](CC(C)C)ON.CC(C)CNC(=O)[C@@H](CC(C)C)ON1C(=O)c2ccccc2C1=O.CC(C)CNC(=O)[C@@H](CC(C)C)ONC(=O)c1ccc(C(=O)NO[C@H](CC(C)C)C(=O)NCC(C)C)cc1.CO.NN.O. The Hall–Kier alpha value is -5.96. The maximum absolute atomic E-state index is 12.6. The van der Waals surface area contributed by atoms with Crippen LogP contribution in [0.4, 0.5) is 0 Å². The third-order valence-corrected chi connectivity index (χ3v) is 10.8. The molecule has 2 aromatic carbocycles. The van der Waals surface area contributed by atoms with Gasteiger partial charge in [-0.3, -0.25) is 64.6 Å². The van der Waals surface area contributed by atoms with E-state index in [1.165, 1.54) is 24.3 Å². The van der Waals surface area contributed by atoms with Gasteiger partial charge in [0.05, 0.1) is 11.1 Å². The van der Waals surface area contributed by atoms with Crippen LogP contribution < -0.4 is 49.8 Å². The molecule has 8 amide bonds. The second-order valence-corrected chi connectivity index (χ2v) is 22.4. The van der Waals surface area contributed by atoms with E-state index in [4.69, 9.17) is 25.5 Å². The van der Waals surface area contributed by atoms with Crippen molar-refractivity contribution in [3.63, 3.8) is 0 Å². The molecule has 0 saturated carbocycles. The average Bonchev–Trinajstić information content (AvgIpc) is 3.64. The number of imide groups is 1. The summed E-state index contributed by atoms with van der Waals surface area (Å²) < 4.78 is 0. The molecule has 0 saturated heterocycles. The van der Waals surface area contributed by atoms with E-state index in [-0.39, 0.29) is 84.7 Å². The summed E-state index contributed by atoms with van der Waals surface area (Å²) in [6, 6.07) is 12.4. The predicted octanol–water partition coefficient (Wildman–Crippen LogP) is 5.72. The Morgan fingerprint density at radius 2 is 0.699 bits per heavy atom. The monoisotopic (exact) mass is 1180 g/mol. The zero-order chi connectivity index (χ0) is 61.8. The number of benzene rings is 2. The van der Waals surface area contributed by atoms with Gasteiger partial charge in [-0.15, -0.1) is 5.06 Å². The first-order valence-electron chi connectivity index (χ1n) is 27.5. The molecule has 0 bridgehead atoms. The van der Waals surface area contributed by atoms with Crippen LogP contribution in [0.2, 0.25) is 0 Å². The quantitative estimate of drug-likeness (QED) is 0.0264. The number of aliphatic hydroxyl groups excluding tert-OH is 1. The molecular weight excluding hydrogens is 1070 g/mol. The Morgan fingerprint density at radius 1 is 0.446 bits per heavy atom. The Morgan fingerprint density at radius 3 is 0.964 bits per heavy atom. The molecule has 3 rings (SSSR count). The Balaban J connectivity index is -0.000000385. The van der Waals surface area contributed by atoms with Crippen LogP contribution in [-0.2, 0) is 38.5 Å². The van der Waals surface area contributed by atoms with E-state index in [1.807, 2.05) is 111 Å². The molecular formula is C59H110N10O14. The van der Waals surface area contributed by atoms with Gasteiger partial charge in [0.1, 0.15) is 0 Å². The third-order valence-electron chi connectivity index (χ3n) is 10.8. The molecule has 24 nitrogen and oxygen atoms in total. The number of rotatable bonds is 29. The number of hydrogen-bond acceptors (Lipinski definition) is 16. The summed E-state index contributed by atoms with van der Waals surface area (Å²) in [6.45, 7) is 34.0. The molecule has 0 aromatic heterocycles. The first kappa shape index (κ1) is 85.8. The molecule has 0 fully saturated rings. The zero-order valence-electron chi connectivity index (χ0n) is 51.2. The lowest BCUT2D eigenvalue weighted by atomic mass is 10.1. The lowest BCUT2D eigenvalue weighted by Gasteiger charge is -2.23. The third kappa shape index (κ3) is 36.4. The van der Waals surface area contributed by atoms with Crippen molar-refractivity contribution in [2.45, 2.75) is 176 Å².